The molecule has 1 aromatic heterocycles. The van der Waals surface area contributed by atoms with Crippen LogP contribution in [0.15, 0.2) is 34.5 Å². The maximum Gasteiger partial charge on any atom is 0.416 e. The number of rotatable bonds is 5. The molecule has 0 atom stereocenters. The Balaban J connectivity index is 2.80. The number of nitrogens with two attached hydrogens (primary N) is 1. The second kappa shape index (κ2) is 7.59. The molecule has 0 radical (unpaired) electrons. The highest BCUT2D eigenvalue weighted by molar-refractivity contribution is 7.93. The average Bonchev–Trinajstić information content (AvgIpc) is 3.01. The van der Waals surface area contributed by atoms with Gasteiger partial charge in [-0.2, -0.15) is 17.5 Å². The van der Waals surface area contributed by atoms with Gasteiger partial charge >= 0.3 is 6.18 Å². The molecule has 2 rings (SSSR count). The van der Waals surface area contributed by atoms with E-state index in [0.717, 1.165) is 19.9 Å². The molecule has 0 bridgehead atoms. The molecule has 2 aromatic rings. The molecule has 2 amide bonds. The number of hydrogen-bond acceptors (Lipinski definition) is 6. The topological polar surface area (TPSA) is 118 Å². The van der Waals surface area contributed by atoms with Crippen molar-refractivity contribution >= 4 is 49.8 Å². The van der Waals surface area contributed by atoms with E-state index in [4.69, 9.17) is 17.3 Å². The summed E-state index contributed by atoms with van der Waals surface area (Å²) in [6.45, 7) is 1.96. The Hall–Kier alpha value is -2.15. The smallest absolute Gasteiger partial charge is 0.381 e. The Morgan fingerprint density at radius 3 is 2.28 bits per heavy atom. The second-order valence-electron chi connectivity index (χ2n) is 6.31. The maximum absolute atomic E-state index is 13.1. The lowest BCUT2D eigenvalue weighted by atomic mass is 10.1. The van der Waals surface area contributed by atoms with Gasteiger partial charge in [-0.05, 0) is 43.5 Å². The van der Waals surface area contributed by atoms with Gasteiger partial charge in [0.15, 0.2) is 0 Å². The third-order valence-corrected chi connectivity index (χ3v) is 6.43. The van der Waals surface area contributed by atoms with Crippen molar-refractivity contribution in [3.05, 3.63) is 45.8 Å². The number of alkyl halides is 3. The molecule has 158 valence electrons. The number of sulfonamides is 1. The number of amides is 2. The molecular formula is C16H14ClF3N2O5S2. The van der Waals surface area contributed by atoms with Crippen molar-refractivity contribution < 1.29 is 36.3 Å². The Kier molecular flexibility index (Phi) is 6.06. The van der Waals surface area contributed by atoms with Gasteiger partial charge in [0.2, 0.25) is 0 Å². The van der Waals surface area contributed by atoms with E-state index in [-0.39, 0.29) is 9.87 Å². The lowest BCUT2D eigenvalue weighted by Crippen LogP contribution is -2.48. The van der Waals surface area contributed by atoms with Crippen LogP contribution in [0.25, 0.3) is 0 Å². The number of benzene rings is 1. The third kappa shape index (κ3) is 4.71. The number of primary amides is 1. The molecule has 3 N–H and O–H groups in total. The van der Waals surface area contributed by atoms with E-state index in [9.17, 15) is 36.3 Å². The summed E-state index contributed by atoms with van der Waals surface area (Å²) in [5.41, 5.74) is 1.22. The minimum Gasteiger partial charge on any atom is -0.381 e. The molecule has 0 aliphatic rings. The second-order valence-corrected chi connectivity index (χ2v) is 9.43. The third-order valence-electron chi connectivity index (χ3n) is 3.54. The van der Waals surface area contributed by atoms with Crippen molar-refractivity contribution in [2.75, 3.05) is 4.31 Å². The quantitative estimate of drug-likeness (QED) is 0.696. The van der Waals surface area contributed by atoms with Crippen LogP contribution in [0.3, 0.4) is 0 Å². The predicted octanol–water partition coefficient (Wildman–Crippen LogP) is 3.01. The van der Waals surface area contributed by atoms with E-state index in [1.807, 2.05) is 0 Å². The van der Waals surface area contributed by atoms with Crippen molar-refractivity contribution in [3.63, 3.8) is 0 Å². The van der Waals surface area contributed by atoms with Crippen LogP contribution in [0, 0.1) is 0 Å². The molecule has 0 aliphatic heterocycles. The predicted molar refractivity (Wildman–Crippen MR) is 100 cm³/mol. The van der Waals surface area contributed by atoms with Crippen molar-refractivity contribution in [1.29, 1.82) is 0 Å². The van der Waals surface area contributed by atoms with Crippen molar-refractivity contribution in [3.8, 4) is 0 Å². The van der Waals surface area contributed by atoms with Crippen molar-refractivity contribution in [2.45, 2.75) is 30.5 Å². The first-order valence-corrected chi connectivity index (χ1v) is 10.3. The standard InChI is InChI=1S/C16H14ClF3N2O5S2/c1-15(2,25)14(24)22(13-11(12(21)23)3-4-28-13)29(26,27)10-6-8(16(18,19)20)5-9(17)7-10/h3-7,25H,1-2H3,(H2,21,23). The highest BCUT2D eigenvalue weighted by Gasteiger charge is 2.42. The molecule has 1 heterocycles. The molecule has 0 fully saturated rings. The van der Waals surface area contributed by atoms with Gasteiger partial charge in [-0.15, -0.1) is 11.3 Å². The highest BCUT2D eigenvalue weighted by Crippen LogP contribution is 2.37. The summed E-state index contributed by atoms with van der Waals surface area (Å²) in [4.78, 5) is 23.4. The fraction of sp³-hybridized carbons (Fsp3) is 0.250. The molecule has 7 nitrogen and oxygen atoms in total. The van der Waals surface area contributed by atoms with Crippen molar-refractivity contribution in [2.24, 2.45) is 5.73 Å². The minimum absolute atomic E-state index is 0.0591. The Bertz CT molecular complexity index is 1070. The summed E-state index contributed by atoms with van der Waals surface area (Å²) in [7, 11) is -5.03. The Morgan fingerprint density at radius 1 is 1.21 bits per heavy atom. The fourth-order valence-electron chi connectivity index (χ4n) is 2.19. The number of nitrogens with zero attached hydrogens (tertiary/aromatic N) is 1. The summed E-state index contributed by atoms with van der Waals surface area (Å²) in [6.07, 6.45) is -4.92. The monoisotopic (exact) mass is 470 g/mol. The lowest BCUT2D eigenvalue weighted by Gasteiger charge is -2.27. The van der Waals surface area contributed by atoms with Crippen LogP contribution in [-0.4, -0.2) is 30.9 Å². The van der Waals surface area contributed by atoms with Gasteiger partial charge in [0.05, 0.1) is 16.0 Å². The van der Waals surface area contributed by atoms with Crippen LogP contribution in [-0.2, 0) is 21.0 Å². The molecule has 0 aliphatic carbocycles. The highest BCUT2D eigenvalue weighted by atomic mass is 35.5. The number of carbonyl (C=O) groups is 2. The molecule has 0 unspecified atom stereocenters. The SMILES string of the molecule is CC(C)(O)C(=O)N(c1sccc1C(N)=O)S(=O)(=O)c1cc(Cl)cc(C(F)(F)F)c1. The summed E-state index contributed by atoms with van der Waals surface area (Å²) in [6, 6.07) is 2.67. The van der Waals surface area contributed by atoms with Gasteiger partial charge in [-0.25, -0.2) is 8.42 Å². The van der Waals surface area contributed by atoms with Crippen LogP contribution >= 0.6 is 22.9 Å². The first kappa shape index (κ1) is 23.1. The van der Waals surface area contributed by atoms with Gasteiger partial charge in [0.1, 0.15) is 10.6 Å². The largest absolute Gasteiger partial charge is 0.416 e. The molecule has 13 heteroatoms. The number of halogens is 4. The van der Waals surface area contributed by atoms with E-state index in [0.29, 0.717) is 29.5 Å². The van der Waals surface area contributed by atoms with Crippen LogP contribution in [0.1, 0.15) is 29.8 Å². The molecular weight excluding hydrogens is 457 g/mol. The van der Waals surface area contributed by atoms with E-state index in [1.54, 1.807) is 0 Å². The molecule has 0 saturated carbocycles. The summed E-state index contributed by atoms with van der Waals surface area (Å²) >= 11 is 6.28. The average molecular weight is 471 g/mol. The first-order valence-electron chi connectivity index (χ1n) is 7.64. The summed E-state index contributed by atoms with van der Waals surface area (Å²) in [5, 5.41) is 10.3. The van der Waals surface area contributed by atoms with Gasteiger partial charge in [-0.3, -0.25) is 9.59 Å². The molecule has 0 spiro atoms. The maximum atomic E-state index is 13.1. The van der Waals surface area contributed by atoms with Gasteiger partial charge < -0.3 is 10.8 Å². The zero-order valence-corrected chi connectivity index (χ0v) is 17.2. The number of anilines is 1. The van der Waals surface area contributed by atoms with Crippen LogP contribution in [0.2, 0.25) is 5.02 Å². The van der Waals surface area contributed by atoms with E-state index < -0.39 is 54.1 Å². The lowest BCUT2D eigenvalue weighted by molar-refractivity contribution is -0.137. The van der Waals surface area contributed by atoms with E-state index >= 15 is 0 Å². The zero-order chi connectivity index (χ0) is 22.4. The molecule has 0 saturated heterocycles. The number of hydrogen-bond donors (Lipinski definition) is 2. The summed E-state index contributed by atoms with van der Waals surface area (Å²) in [5.74, 6) is -2.48. The van der Waals surface area contributed by atoms with Crippen LogP contribution in [0.4, 0.5) is 18.2 Å². The van der Waals surface area contributed by atoms with Crippen LogP contribution < -0.4 is 10.0 Å². The van der Waals surface area contributed by atoms with Gasteiger partial charge in [0, 0.05) is 5.02 Å². The van der Waals surface area contributed by atoms with E-state index in [2.05, 4.69) is 0 Å². The Morgan fingerprint density at radius 2 is 1.79 bits per heavy atom. The van der Waals surface area contributed by atoms with Crippen molar-refractivity contribution in [1.82, 2.24) is 0 Å². The fourth-order valence-corrected chi connectivity index (χ4v) is 5.24. The minimum atomic E-state index is -5.03. The number of aliphatic hydroxyl groups is 1. The number of carbonyl (C=O) groups excluding carboxylic acids is 2. The Labute approximate surface area is 172 Å². The van der Waals surface area contributed by atoms with Gasteiger partial charge in [0.25, 0.3) is 21.8 Å². The summed E-state index contributed by atoms with van der Waals surface area (Å²) < 4.78 is 65.6. The van der Waals surface area contributed by atoms with E-state index in [1.165, 1.54) is 5.38 Å². The number of thiophene rings is 1. The molecule has 1 aromatic carbocycles. The first-order chi connectivity index (χ1) is 13.1. The van der Waals surface area contributed by atoms with Crippen LogP contribution in [0.5, 0.6) is 0 Å². The normalized spacial score (nSPS) is 12.7. The van der Waals surface area contributed by atoms with Gasteiger partial charge in [-0.1, -0.05) is 11.6 Å². The molecule has 29 heavy (non-hydrogen) atoms. The zero-order valence-electron chi connectivity index (χ0n) is 14.8.